The third-order valence-corrected chi connectivity index (χ3v) is 6.26. The molecule has 0 saturated carbocycles. The summed E-state index contributed by atoms with van der Waals surface area (Å²) in [7, 11) is 0. The lowest BCUT2D eigenvalue weighted by molar-refractivity contribution is -0.139. The molecule has 2 fully saturated rings. The predicted octanol–water partition coefficient (Wildman–Crippen LogP) is 3.14. The topological polar surface area (TPSA) is 66.4 Å². The molecule has 1 spiro atoms. The molecule has 1 unspecified atom stereocenters. The van der Waals surface area contributed by atoms with Crippen LogP contribution in [0.4, 0.5) is 0 Å². The lowest BCUT2D eigenvalue weighted by atomic mass is 9.73. The first-order valence-electron chi connectivity index (χ1n) is 10.4. The van der Waals surface area contributed by atoms with E-state index in [1.807, 2.05) is 47.9 Å². The van der Waals surface area contributed by atoms with E-state index in [9.17, 15) is 9.59 Å². The minimum atomic E-state index is -0.0252. The highest BCUT2D eigenvalue weighted by atomic mass is 16.2. The van der Waals surface area contributed by atoms with Crippen LogP contribution in [0.25, 0.3) is 0 Å². The molecule has 2 saturated heterocycles. The quantitative estimate of drug-likeness (QED) is 0.805. The molecule has 1 aromatic heterocycles. The molecule has 152 valence electrons. The number of carbonyl (C=O) groups excluding carboxylic acids is 2. The van der Waals surface area contributed by atoms with E-state index in [0.29, 0.717) is 26.1 Å². The van der Waals surface area contributed by atoms with Crippen molar-refractivity contribution in [1.82, 2.24) is 19.8 Å². The van der Waals surface area contributed by atoms with Crippen molar-refractivity contribution in [2.24, 2.45) is 5.41 Å². The smallest absolute Gasteiger partial charge is 0.254 e. The normalized spacial score (nSPS) is 22.2. The molecule has 2 aliphatic rings. The maximum absolute atomic E-state index is 13.1. The van der Waals surface area contributed by atoms with Crippen LogP contribution in [0.3, 0.4) is 0 Å². The zero-order valence-corrected chi connectivity index (χ0v) is 17.2. The summed E-state index contributed by atoms with van der Waals surface area (Å²) in [6.07, 6.45) is 6.89. The molecule has 2 aliphatic heterocycles. The van der Waals surface area contributed by atoms with Gasteiger partial charge >= 0.3 is 0 Å². The summed E-state index contributed by atoms with van der Waals surface area (Å²) in [6.45, 7) is 6.55. The second-order valence-corrected chi connectivity index (χ2v) is 8.54. The van der Waals surface area contributed by atoms with Gasteiger partial charge in [0.05, 0.1) is 24.1 Å². The number of hydrogen-bond acceptors (Lipinski definition) is 4. The number of aryl methyl sites for hydroxylation is 2. The molecular weight excluding hydrogens is 364 g/mol. The van der Waals surface area contributed by atoms with Crippen LogP contribution in [0, 0.1) is 19.3 Å². The second kappa shape index (κ2) is 7.93. The van der Waals surface area contributed by atoms with Crippen molar-refractivity contribution in [3.8, 4) is 0 Å². The third-order valence-electron chi connectivity index (χ3n) is 6.26. The van der Waals surface area contributed by atoms with Crippen molar-refractivity contribution >= 4 is 11.8 Å². The number of hydrogen-bond donors (Lipinski definition) is 0. The van der Waals surface area contributed by atoms with E-state index < -0.39 is 0 Å². The molecule has 29 heavy (non-hydrogen) atoms. The third kappa shape index (κ3) is 4.16. The van der Waals surface area contributed by atoms with Gasteiger partial charge in [-0.2, -0.15) is 0 Å². The van der Waals surface area contributed by atoms with E-state index in [1.54, 1.807) is 12.4 Å². The summed E-state index contributed by atoms with van der Waals surface area (Å²) < 4.78 is 0. The first-order chi connectivity index (χ1) is 14.0. The second-order valence-electron chi connectivity index (χ2n) is 8.54. The minimum absolute atomic E-state index is 0.0252. The van der Waals surface area contributed by atoms with E-state index in [1.165, 1.54) is 0 Å². The van der Waals surface area contributed by atoms with Gasteiger partial charge in [-0.1, -0.05) is 18.2 Å². The maximum atomic E-state index is 13.1. The van der Waals surface area contributed by atoms with Gasteiger partial charge in [-0.15, -0.1) is 0 Å². The number of likely N-dealkylation sites (tertiary alicyclic amines) is 2. The van der Waals surface area contributed by atoms with Crippen molar-refractivity contribution in [2.45, 2.75) is 46.1 Å². The summed E-state index contributed by atoms with van der Waals surface area (Å²) >= 11 is 0. The van der Waals surface area contributed by atoms with Crippen molar-refractivity contribution in [2.75, 3.05) is 19.6 Å². The van der Waals surface area contributed by atoms with E-state index in [4.69, 9.17) is 0 Å². The van der Waals surface area contributed by atoms with Crippen LogP contribution in [-0.4, -0.2) is 51.2 Å². The van der Waals surface area contributed by atoms with Crippen molar-refractivity contribution in [1.29, 1.82) is 0 Å². The van der Waals surface area contributed by atoms with Crippen molar-refractivity contribution < 1.29 is 9.59 Å². The largest absolute Gasteiger partial charge is 0.338 e. The lowest BCUT2D eigenvalue weighted by Crippen LogP contribution is -2.54. The van der Waals surface area contributed by atoms with Crippen LogP contribution < -0.4 is 0 Å². The van der Waals surface area contributed by atoms with Crippen molar-refractivity contribution in [3.05, 3.63) is 59.2 Å². The maximum Gasteiger partial charge on any atom is 0.254 e. The van der Waals surface area contributed by atoms with Gasteiger partial charge < -0.3 is 9.80 Å². The fraction of sp³-hybridized carbons (Fsp3) is 0.478. The summed E-state index contributed by atoms with van der Waals surface area (Å²) in [5.74, 6) is 0.274. The first kappa shape index (κ1) is 19.6. The zero-order valence-electron chi connectivity index (χ0n) is 17.2. The van der Waals surface area contributed by atoms with Crippen LogP contribution in [-0.2, 0) is 11.3 Å². The van der Waals surface area contributed by atoms with E-state index >= 15 is 0 Å². The SMILES string of the molecule is Cc1cnc(CN2CC3(CCCN(C(=O)c4ccccc4C)C3)CCC2=O)cn1. The molecule has 6 nitrogen and oxygen atoms in total. The monoisotopic (exact) mass is 392 g/mol. The highest BCUT2D eigenvalue weighted by molar-refractivity contribution is 5.95. The molecule has 1 aromatic carbocycles. The fourth-order valence-electron chi connectivity index (χ4n) is 4.64. The Hall–Kier alpha value is -2.76. The Bertz CT molecular complexity index is 911. The standard InChI is InChI=1S/C23H28N4O2/c1-17-6-3-4-7-20(17)22(29)26-11-5-9-23(15-26)10-8-21(28)27(16-23)14-19-13-24-18(2)12-25-19/h3-4,6-7,12-13H,5,8-11,14-16H2,1-2H3. The average Bonchev–Trinajstić information content (AvgIpc) is 2.73. The van der Waals surface area contributed by atoms with E-state index in [2.05, 4.69) is 9.97 Å². The molecule has 0 bridgehead atoms. The van der Waals surface area contributed by atoms with Crippen LogP contribution in [0.2, 0.25) is 0 Å². The summed E-state index contributed by atoms with van der Waals surface area (Å²) in [5.41, 5.74) is 3.44. The Morgan fingerprint density at radius 3 is 2.69 bits per heavy atom. The number of rotatable bonds is 3. The Morgan fingerprint density at radius 2 is 1.93 bits per heavy atom. The Labute approximate surface area is 172 Å². The molecule has 0 N–H and O–H groups in total. The van der Waals surface area contributed by atoms with Crippen LogP contribution in [0.1, 0.15) is 53.0 Å². The number of aromatic nitrogens is 2. The van der Waals surface area contributed by atoms with Crippen molar-refractivity contribution in [3.63, 3.8) is 0 Å². The average molecular weight is 393 g/mol. The van der Waals surface area contributed by atoms with Crippen LogP contribution in [0.5, 0.6) is 0 Å². The number of carbonyl (C=O) groups is 2. The molecule has 2 aromatic rings. The van der Waals surface area contributed by atoms with E-state index in [-0.39, 0.29) is 17.2 Å². The van der Waals surface area contributed by atoms with Gasteiger partial charge in [-0.05, 0) is 44.7 Å². The molecule has 3 heterocycles. The van der Waals surface area contributed by atoms with Crippen LogP contribution >= 0.6 is 0 Å². The van der Waals surface area contributed by atoms with Gasteiger partial charge in [0.1, 0.15) is 0 Å². The number of nitrogens with zero attached hydrogens (tertiary/aromatic N) is 4. The molecule has 1 atom stereocenters. The Morgan fingerprint density at radius 1 is 1.10 bits per heavy atom. The number of benzene rings is 1. The van der Waals surface area contributed by atoms with Gasteiger partial charge in [0.2, 0.25) is 5.91 Å². The highest BCUT2D eigenvalue weighted by Gasteiger charge is 2.43. The predicted molar refractivity (Wildman–Crippen MR) is 110 cm³/mol. The first-order valence-corrected chi connectivity index (χ1v) is 10.4. The van der Waals surface area contributed by atoms with Gasteiger partial charge in [-0.3, -0.25) is 19.6 Å². The highest BCUT2D eigenvalue weighted by Crippen LogP contribution is 2.39. The Kier molecular flexibility index (Phi) is 5.35. The number of piperidine rings is 2. The summed E-state index contributed by atoms with van der Waals surface area (Å²) in [6, 6.07) is 7.77. The van der Waals surface area contributed by atoms with Gasteiger partial charge in [-0.25, -0.2) is 0 Å². The summed E-state index contributed by atoms with van der Waals surface area (Å²) in [5, 5.41) is 0. The Balaban J connectivity index is 1.49. The molecule has 0 radical (unpaired) electrons. The van der Waals surface area contributed by atoms with E-state index in [0.717, 1.165) is 48.3 Å². The zero-order chi connectivity index (χ0) is 20.4. The molecule has 0 aliphatic carbocycles. The minimum Gasteiger partial charge on any atom is -0.338 e. The van der Waals surface area contributed by atoms with Crippen LogP contribution in [0.15, 0.2) is 36.7 Å². The molecule has 2 amide bonds. The van der Waals surface area contributed by atoms with Gasteiger partial charge in [0.15, 0.2) is 0 Å². The fourth-order valence-corrected chi connectivity index (χ4v) is 4.64. The summed E-state index contributed by atoms with van der Waals surface area (Å²) in [4.78, 5) is 38.3. The van der Waals surface area contributed by atoms with Gasteiger partial charge in [0.25, 0.3) is 5.91 Å². The number of amides is 2. The van der Waals surface area contributed by atoms with Gasteiger partial charge in [0, 0.05) is 43.2 Å². The molecule has 6 heteroatoms. The molecular formula is C23H28N4O2. The lowest BCUT2D eigenvalue weighted by Gasteiger charge is -2.48. The molecule has 4 rings (SSSR count).